The molecule has 1 aromatic heterocycles. The minimum atomic E-state index is -0.568. The average Bonchev–Trinajstić information content (AvgIpc) is 3.15. The lowest BCUT2D eigenvalue weighted by atomic mass is 9.99. The molecule has 2 heterocycles. The monoisotopic (exact) mass is 364 g/mol. The van der Waals surface area contributed by atoms with Gasteiger partial charge in [0.1, 0.15) is 0 Å². The maximum absolute atomic E-state index is 14.7. The molecule has 0 saturated heterocycles. The standard InChI is InChI=1S/C20H17FN4O2/c1-12-4-2-3-5-17(12)25-11-13(10-23-25)19(26)24-16-7-6-15-14(18(16)21)8-9-22-20(15)27/h2-7,10-11H,8-9H2,1H3,(H,22,27)(H,24,26). The third-order valence-corrected chi connectivity index (χ3v) is 4.60. The second-order valence-corrected chi connectivity index (χ2v) is 6.37. The second kappa shape index (κ2) is 6.68. The maximum atomic E-state index is 14.7. The van der Waals surface area contributed by atoms with Gasteiger partial charge in [-0.2, -0.15) is 5.10 Å². The van der Waals surface area contributed by atoms with Crippen molar-refractivity contribution in [1.82, 2.24) is 15.1 Å². The molecule has 3 aromatic rings. The van der Waals surface area contributed by atoms with Crippen LogP contribution in [-0.2, 0) is 6.42 Å². The quantitative estimate of drug-likeness (QED) is 0.750. The van der Waals surface area contributed by atoms with Crippen LogP contribution < -0.4 is 10.6 Å². The Morgan fingerprint density at radius 1 is 1.26 bits per heavy atom. The predicted octanol–water partition coefficient (Wildman–Crippen LogP) is 2.86. The van der Waals surface area contributed by atoms with E-state index in [1.165, 1.54) is 18.3 Å². The van der Waals surface area contributed by atoms with Crippen molar-refractivity contribution in [3.05, 3.63) is 76.9 Å². The Morgan fingerprint density at radius 3 is 2.89 bits per heavy atom. The van der Waals surface area contributed by atoms with Gasteiger partial charge in [-0.25, -0.2) is 9.07 Å². The summed E-state index contributed by atoms with van der Waals surface area (Å²) in [6, 6.07) is 10.6. The molecule has 0 saturated carbocycles. The van der Waals surface area contributed by atoms with Crippen molar-refractivity contribution in [3.8, 4) is 5.69 Å². The summed E-state index contributed by atoms with van der Waals surface area (Å²) in [5, 5.41) is 9.46. The maximum Gasteiger partial charge on any atom is 0.258 e. The van der Waals surface area contributed by atoms with E-state index in [2.05, 4.69) is 15.7 Å². The minimum absolute atomic E-state index is 0.0529. The summed E-state index contributed by atoms with van der Waals surface area (Å²) in [5.41, 5.74) is 2.88. The van der Waals surface area contributed by atoms with E-state index in [4.69, 9.17) is 0 Å². The Hall–Kier alpha value is -3.48. The average molecular weight is 364 g/mol. The number of para-hydroxylation sites is 1. The second-order valence-electron chi connectivity index (χ2n) is 6.37. The first-order chi connectivity index (χ1) is 13.0. The van der Waals surface area contributed by atoms with E-state index in [1.807, 2.05) is 31.2 Å². The number of carbonyl (C=O) groups is 2. The molecule has 0 spiro atoms. The number of hydrogen-bond donors (Lipinski definition) is 2. The Morgan fingerprint density at radius 2 is 2.07 bits per heavy atom. The molecule has 0 radical (unpaired) electrons. The number of halogens is 1. The molecule has 0 aliphatic carbocycles. The largest absolute Gasteiger partial charge is 0.352 e. The van der Waals surface area contributed by atoms with E-state index >= 15 is 0 Å². The van der Waals surface area contributed by atoms with E-state index in [1.54, 1.807) is 10.9 Å². The van der Waals surface area contributed by atoms with Crippen LogP contribution >= 0.6 is 0 Å². The number of anilines is 1. The number of aryl methyl sites for hydroxylation is 1. The van der Waals surface area contributed by atoms with E-state index < -0.39 is 11.7 Å². The Labute approximate surface area is 155 Å². The van der Waals surface area contributed by atoms with Crippen LogP contribution in [0.4, 0.5) is 10.1 Å². The van der Waals surface area contributed by atoms with Crippen LogP contribution in [0.3, 0.4) is 0 Å². The molecule has 1 aliphatic rings. The molecule has 4 rings (SSSR count). The molecule has 0 unspecified atom stereocenters. The highest BCUT2D eigenvalue weighted by molar-refractivity contribution is 6.04. The van der Waals surface area contributed by atoms with Gasteiger partial charge in [-0.15, -0.1) is 0 Å². The minimum Gasteiger partial charge on any atom is -0.352 e. The third kappa shape index (κ3) is 3.08. The van der Waals surface area contributed by atoms with Crippen molar-refractivity contribution >= 4 is 17.5 Å². The molecule has 27 heavy (non-hydrogen) atoms. The van der Waals surface area contributed by atoms with Gasteiger partial charge in [-0.1, -0.05) is 18.2 Å². The van der Waals surface area contributed by atoms with Crippen LogP contribution in [0.5, 0.6) is 0 Å². The number of nitrogens with zero attached hydrogens (tertiary/aromatic N) is 2. The SMILES string of the molecule is Cc1ccccc1-n1cc(C(=O)Nc2ccc3c(c2F)CCNC3=O)cn1. The van der Waals surface area contributed by atoms with Gasteiger partial charge in [0.25, 0.3) is 11.8 Å². The summed E-state index contributed by atoms with van der Waals surface area (Å²) in [7, 11) is 0. The van der Waals surface area contributed by atoms with Crippen molar-refractivity contribution in [2.45, 2.75) is 13.3 Å². The van der Waals surface area contributed by atoms with Crippen molar-refractivity contribution in [1.29, 1.82) is 0 Å². The first kappa shape index (κ1) is 17.0. The number of nitrogens with one attached hydrogen (secondary N) is 2. The number of amides is 2. The Bertz CT molecular complexity index is 1060. The number of fused-ring (bicyclic) bond motifs is 1. The molecule has 0 fully saturated rings. The fourth-order valence-electron chi connectivity index (χ4n) is 3.16. The van der Waals surface area contributed by atoms with Gasteiger partial charge in [0.15, 0.2) is 5.82 Å². The third-order valence-electron chi connectivity index (χ3n) is 4.60. The molecule has 6 nitrogen and oxygen atoms in total. The summed E-state index contributed by atoms with van der Waals surface area (Å²) < 4.78 is 16.3. The predicted molar refractivity (Wildman–Crippen MR) is 98.7 cm³/mol. The van der Waals surface area contributed by atoms with E-state index in [0.29, 0.717) is 29.7 Å². The zero-order valence-corrected chi connectivity index (χ0v) is 14.6. The fraction of sp³-hybridized carbons (Fsp3) is 0.150. The van der Waals surface area contributed by atoms with Crippen LogP contribution in [0.2, 0.25) is 0 Å². The van der Waals surface area contributed by atoms with Gasteiger partial charge in [0.2, 0.25) is 0 Å². The highest BCUT2D eigenvalue weighted by atomic mass is 19.1. The summed E-state index contributed by atoms with van der Waals surface area (Å²) >= 11 is 0. The van der Waals surface area contributed by atoms with Gasteiger partial charge >= 0.3 is 0 Å². The van der Waals surface area contributed by atoms with E-state index in [-0.39, 0.29) is 11.6 Å². The van der Waals surface area contributed by atoms with E-state index in [9.17, 15) is 14.0 Å². The number of benzene rings is 2. The highest BCUT2D eigenvalue weighted by Gasteiger charge is 2.23. The summed E-state index contributed by atoms with van der Waals surface area (Å²) in [6.07, 6.45) is 3.43. The van der Waals surface area contributed by atoms with Crippen LogP contribution in [0, 0.1) is 12.7 Å². The zero-order valence-electron chi connectivity index (χ0n) is 14.6. The smallest absolute Gasteiger partial charge is 0.258 e. The van der Waals surface area contributed by atoms with Gasteiger partial charge in [-0.3, -0.25) is 9.59 Å². The van der Waals surface area contributed by atoms with Crippen molar-refractivity contribution in [3.63, 3.8) is 0 Å². The molecule has 0 bridgehead atoms. The molecule has 2 aromatic carbocycles. The van der Waals surface area contributed by atoms with Crippen LogP contribution in [0.1, 0.15) is 31.8 Å². The first-order valence-electron chi connectivity index (χ1n) is 8.56. The lowest BCUT2D eigenvalue weighted by Crippen LogP contribution is -2.32. The topological polar surface area (TPSA) is 76.0 Å². The number of hydrogen-bond acceptors (Lipinski definition) is 3. The van der Waals surface area contributed by atoms with Gasteiger partial charge in [-0.05, 0) is 37.1 Å². The molecular weight excluding hydrogens is 347 g/mol. The fourth-order valence-corrected chi connectivity index (χ4v) is 3.16. The summed E-state index contributed by atoms with van der Waals surface area (Å²) in [5.74, 6) is -1.33. The van der Waals surface area contributed by atoms with Crippen molar-refractivity contribution < 1.29 is 14.0 Å². The van der Waals surface area contributed by atoms with Gasteiger partial charge < -0.3 is 10.6 Å². The van der Waals surface area contributed by atoms with Crippen LogP contribution in [0.15, 0.2) is 48.8 Å². The van der Waals surface area contributed by atoms with Gasteiger partial charge in [0.05, 0.1) is 23.1 Å². The molecule has 1 aliphatic heterocycles. The highest BCUT2D eigenvalue weighted by Crippen LogP contribution is 2.25. The van der Waals surface area contributed by atoms with Gasteiger partial charge in [0, 0.05) is 23.9 Å². The van der Waals surface area contributed by atoms with E-state index in [0.717, 1.165) is 11.3 Å². The molecule has 2 N–H and O–H groups in total. The molecule has 136 valence electrons. The first-order valence-corrected chi connectivity index (χ1v) is 8.56. The molecule has 2 amide bonds. The molecule has 0 atom stereocenters. The summed E-state index contributed by atoms with van der Waals surface area (Å²) in [6.45, 7) is 2.33. The van der Waals surface area contributed by atoms with Crippen LogP contribution in [-0.4, -0.2) is 28.1 Å². The molecule has 7 heteroatoms. The number of aromatic nitrogens is 2. The Kier molecular flexibility index (Phi) is 4.19. The van der Waals surface area contributed by atoms with Crippen molar-refractivity contribution in [2.24, 2.45) is 0 Å². The molecular formula is C20H17FN4O2. The number of carbonyl (C=O) groups excluding carboxylic acids is 2. The van der Waals surface area contributed by atoms with Crippen LogP contribution in [0.25, 0.3) is 5.69 Å². The number of rotatable bonds is 3. The Balaban J connectivity index is 1.59. The lowest BCUT2D eigenvalue weighted by Gasteiger charge is -2.18. The zero-order chi connectivity index (χ0) is 19.0. The summed E-state index contributed by atoms with van der Waals surface area (Å²) in [4.78, 5) is 24.3. The van der Waals surface area contributed by atoms with Crippen molar-refractivity contribution in [2.75, 3.05) is 11.9 Å². The normalized spacial score (nSPS) is 13.0. The lowest BCUT2D eigenvalue weighted by molar-refractivity contribution is 0.0944.